The lowest BCUT2D eigenvalue weighted by Crippen LogP contribution is -2.48. The van der Waals surface area contributed by atoms with Gasteiger partial charge in [0.1, 0.15) is 0 Å². The molecule has 198 valence electrons. The number of urea groups is 1. The number of unbranched alkanes of at least 4 members (excludes halogenated alkanes) is 1. The van der Waals surface area contributed by atoms with E-state index in [1.54, 1.807) is 0 Å². The maximum Gasteiger partial charge on any atom is 0.315 e. The number of rotatable bonds is 6. The average molecular weight is 514 g/mol. The summed E-state index contributed by atoms with van der Waals surface area (Å²) in [5, 5.41) is 6.90. The van der Waals surface area contributed by atoms with Crippen LogP contribution in [0.1, 0.15) is 58.2 Å². The quantitative estimate of drug-likeness (QED) is 0.559. The maximum atomic E-state index is 12.1. The summed E-state index contributed by atoms with van der Waals surface area (Å²) >= 11 is 1.89. The molecule has 4 heterocycles. The summed E-state index contributed by atoms with van der Waals surface area (Å²) in [6.45, 7) is 12.9. The number of benzene rings is 1. The smallest absolute Gasteiger partial charge is 0.315 e. The molecular weight excluding hydrogens is 470 g/mol. The standard InChI is InChI=1S/C21H29N3O.C5H8N2OS.C2H6/c1-3-5-6-21(25)24-13-11-23(12-14-24)16-17-7-10-20-18(15-17)8-9-19(4-2)22-20;8-5-6-3-1-9-2-4(3)7-5;1-2/h7-10,15H,3-6,11-14,16H2,1-2H3;3-4H,1-2H2,(H2,6,7,8);1-2H3. The number of aromatic nitrogens is 1. The van der Waals surface area contributed by atoms with E-state index in [-0.39, 0.29) is 6.03 Å². The van der Waals surface area contributed by atoms with E-state index in [0.717, 1.165) is 74.7 Å². The number of hydrogen-bond acceptors (Lipinski definition) is 5. The molecule has 0 aliphatic carbocycles. The molecule has 3 amide bonds. The second-order valence-corrected chi connectivity index (χ2v) is 10.4. The minimum absolute atomic E-state index is 0.00491. The van der Waals surface area contributed by atoms with Gasteiger partial charge in [0.15, 0.2) is 0 Å². The molecule has 8 heteroatoms. The van der Waals surface area contributed by atoms with E-state index in [1.165, 1.54) is 10.9 Å². The maximum absolute atomic E-state index is 12.1. The number of thioether (sulfide) groups is 1. The van der Waals surface area contributed by atoms with Crippen LogP contribution in [0.2, 0.25) is 0 Å². The fourth-order valence-electron chi connectivity index (χ4n) is 4.63. The van der Waals surface area contributed by atoms with E-state index < -0.39 is 0 Å². The SMILES string of the molecule is CC.CCCCC(=O)N1CCN(Cc2ccc3nc(CC)ccc3c2)CC1.O=C1NC2CSCC2N1. The summed E-state index contributed by atoms with van der Waals surface area (Å²) in [7, 11) is 0. The Morgan fingerprint density at radius 1 is 1.03 bits per heavy atom. The molecule has 0 spiro atoms. The molecular formula is C28H43N5O2S. The van der Waals surface area contributed by atoms with Gasteiger partial charge >= 0.3 is 6.03 Å². The molecule has 1 aromatic heterocycles. The van der Waals surface area contributed by atoms with E-state index in [4.69, 9.17) is 0 Å². The molecule has 3 aliphatic heterocycles. The molecule has 2 N–H and O–H groups in total. The van der Waals surface area contributed by atoms with Crippen molar-refractivity contribution in [3.63, 3.8) is 0 Å². The first kappa shape index (κ1) is 28.3. The lowest BCUT2D eigenvalue weighted by Gasteiger charge is -2.34. The highest BCUT2D eigenvalue weighted by molar-refractivity contribution is 7.99. The first-order chi connectivity index (χ1) is 17.6. The summed E-state index contributed by atoms with van der Waals surface area (Å²) < 4.78 is 0. The van der Waals surface area contributed by atoms with Crippen LogP contribution in [0.15, 0.2) is 30.3 Å². The lowest BCUT2D eigenvalue weighted by atomic mass is 10.1. The molecule has 0 saturated carbocycles. The lowest BCUT2D eigenvalue weighted by molar-refractivity contribution is -0.133. The zero-order valence-electron chi connectivity index (χ0n) is 22.4. The van der Waals surface area contributed by atoms with Crippen molar-refractivity contribution in [2.24, 2.45) is 0 Å². The van der Waals surface area contributed by atoms with Gasteiger partial charge in [-0.2, -0.15) is 11.8 Å². The fourth-order valence-corrected chi connectivity index (χ4v) is 5.90. The Bertz CT molecular complexity index is 979. The molecule has 2 aromatic rings. The van der Waals surface area contributed by atoms with Gasteiger partial charge < -0.3 is 15.5 Å². The van der Waals surface area contributed by atoms with Crippen molar-refractivity contribution in [2.45, 2.75) is 72.0 Å². The first-order valence-corrected chi connectivity index (χ1v) is 14.7. The Morgan fingerprint density at radius 2 is 1.72 bits per heavy atom. The summed E-state index contributed by atoms with van der Waals surface area (Å²) in [4.78, 5) is 31.9. The number of nitrogens with zero attached hydrogens (tertiary/aromatic N) is 3. The van der Waals surface area contributed by atoms with Crippen molar-refractivity contribution < 1.29 is 9.59 Å². The highest BCUT2D eigenvalue weighted by atomic mass is 32.2. The van der Waals surface area contributed by atoms with Crippen LogP contribution in [-0.4, -0.2) is 76.5 Å². The van der Waals surface area contributed by atoms with Crippen molar-refractivity contribution in [2.75, 3.05) is 37.7 Å². The topological polar surface area (TPSA) is 77.6 Å². The Hall–Kier alpha value is -2.32. The molecule has 7 nitrogen and oxygen atoms in total. The van der Waals surface area contributed by atoms with E-state index in [1.807, 2.05) is 30.5 Å². The van der Waals surface area contributed by atoms with E-state index in [0.29, 0.717) is 24.4 Å². The predicted molar refractivity (Wildman–Crippen MR) is 150 cm³/mol. The van der Waals surface area contributed by atoms with Gasteiger partial charge in [0.05, 0.1) is 17.6 Å². The van der Waals surface area contributed by atoms with Crippen LogP contribution < -0.4 is 10.6 Å². The highest BCUT2D eigenvalue weighted by Gasteiger charge is 2.35. The van der Waals surface area contributed by atoms with Crippen LogP contribution in [0.3, 0.4) is 0 Å². The number of aryl methyl sites for hydroxylation is 1. The van der Waals surface area contributed by atoms with Crippen molar-refractivity contribution in [1.82, 2.24) is 25.4 Å². The minimum atomic E-state index is 0.00491. The van der Waals surface area contributed by atoms with Gasteiger partial charge in [-0.3, -0.25) is 14.7 Å². The van der Waals surface area contributed by atoms with E-state index in [9.17, 15) is 9.59 Å². The predicted octanol–water partition coefficient (Wildman–Crippen LogP) is 4.44. The van der Waals surface area contributed by atoms with Crippen LogP contribution >= 0.6 is 11.8 Å². The third kappa shape index (κ3) is 7.84. The molecule has 2 unspecified atom stereocenters. The van der Waals surface area contributed by atoms with Crippen LogP contribution in [-0.2, 0) is 17.8 Å². The summed E-state index contributed by atoms with van der Waals surface area (Å²) in [6, 6.07) is 11.7. The molecule has 0 bridgehead atoms. The van der Waals surface area contributed by atoms with Crippen LogP contribution in [0.5, 0.6) is 0 Å². The first-order valence-electron chi connectivity index (χ1n) is 13.6. The van der Waals surface area contributed by atoms with E-state index in [2.05, 4.69) is 64.7 Å². The number of carbonyl (C=O) groups is 2. The Labute approximate surface area is 220 Å². The van der Waals surface area contributed by atoms with Gasteiger partial charge in [-0.05, 0) is 36.6 Å². The zero-order valence-corrected chi connectivity index (χ0v) is 23.2. The number of pyridine rings is 1. The minimum Gasteiger partial charge on any atom is -0.340 e. The van der Waals surface area contributed by atoms with Crippen molar-refractivity contribution in [1.29, 1.82) is 0 Å². The molecule has 5 rings (SSSR count). The van der Waals surface area contributed by atoms with Crippen LogP contribution in [0.25, 0.3) is 10.9 Å². The normalized spacial score (nSPS) is 21.0. The third-order valence-corrected chi connectivity index (χ3v) is 7.95. The van der Waals surface area contributed by atoms with Gasteiger partial charge in [-0.15, -0.1) is 0 Å². The third-order valence-electron chi connectivity index (χ3n) is 6.76. The van der Waals surface area contributed by atoms with Crippen molar-refractivity contribution in [3.05, 3.63) is 41.6 Å². The number of hydrogen-bond donors (Lipinski definition) is 2. The van der Waals surface area contributed by atoms with E-state index >= 15 is 0 Å². The van der Waals surface area contributed by atoms with Crippen LogP contribution in [0.4, 0.5) is 4.79 Å². The Morgan fingerprint density at radius 3 is 2.36 bits per heavy atom. The second kappa shape index (κ2) is 14.4. The van der Waals surface area contributed by atoms with Crippen LogP contribution in [0, 0.1) is 0 Å². The molecule has 36 heavy (non-hydrogen) atoms. The largest absolute Gasteiger partial charge is 0.340 e. The van der Waals surface area contributed by atoms with Gasteiger partial charge in [0.2, 0.25) is 5.91 Å². The number of amides is 3. The Kier molecular flexibility index (Phi) is 11.3. The number of piperazine rings is 1. The van der Waals surface area contributed by atoms with Crippen molar-refractivity contribution in [3.8, 4) is 0 Å². The molecule has 1 aromatic carbocycles. The number of nitrogens with one attached hydrogen (secondary N) is 2. The molecule has 3 saturated heterocycles. The van der Waals surface area contributed by atoms with Gasteiger partial charge in [-0.1, -0.05) is 46.2 Å². The van der Waals surface area contributed by atoms with Crippen molar-refractivity contribution >= 4 is 34.6 Å². The van der Waals surface area contributed by atoms with Gasteiger partial charge in [0.25, 0.3) is 0 Å². The van der Waals surface area contributed by atoms with Gasteiger partial charge in [-0.25, -0.2) is 4.79 Å². The monoisotopic (exact) mass is 513 g/mol. The molecule has 3 fully saturated rings. The number of fused-ring (bicyclic) bond motifs is 2. The summed E-state index contributed by atoms with van der Waals surface area (Å²) in [5.74, 6) is 2.47. The van der Waals surface area contributed by atoms with Gasteiger partial charge in [0, 0.05) is 61.7 Å². The Balaban J connectivity index is 0.000000271. The molecule has 2 atom stereocenters. The fraction of sp³-hybridized carbons (Fsp3) is 0.607. The zero-order chi connectivity index (χ0) is 25.9. The molecule has 3 aliphatic rings. The number of carbonyl (C=O) groups excluding carboxylic acids is 2. The summed E-state index contributed by atoms with van der Waals surface area (Å²) in [6.07, 6.45) is 3.76. The molecule has 0 radical (unpaired) electrons. The highest BCUT2D eigenvalue weighted by Crippen LogP contribution is 2.21. The summed E-state index contributed by atoms with van der Waals surface area (Å²) in [5.41, 5.74) is 3.54. The average Bonchev–Trinajstić information content (AvgIpc) is 3.50. The second-order valence-electron chi connectivity index (χ2n) is 9.31.